The normalized spacial score (nSPS) is 11.6. The lowest BCUT2D eigenvalue weighted by Gasteiger charge is -2.23. The van der Waals surface area contributed by atoms with Crippen LogP contribution in [0.1, 0.15) is 107 Å². The van der Waals surface area contributed by atoms with Gasteiger partial charge in [-0.15, -0.1) is 0 Å². The predicted molar refractivity (Wildman–Crippen MR) is 114 cm³/mol. The molecular formula is C24H38F3NO. The van der Waals surface area contributed by atoms with Crippen LogP contribution in [0.3, 0.4) is 0 Å². The number of carbonyl (C=O) groups is 1. The number of alkyl halides is 3. The van der Waals surface area contributed by atoms with Crippen LogP contribution in [0, 0.1) is 0 Å². The molecule has 0 spiro atoms. The molecule has 0 aliphatic carbocycles. The molecule has 5 heteroatoms. The zero-order valence-corrected chi connectivity index (χ0v) is 18.2. The van der Waals surface area contributed by atoms with Crippen LogP contribution in [0.4, 0.5) is 13.2 Å². The summed E-state index contributed by atoms with van der Waals surface area (Å²) in [6.07, 6.45) is 9.39. The van der Waals surface area contributed by atoms with Crippen molar-refractivity contribution in [1.29, 1.82) is 0 Å². The fourth-order valence-corrected chi connectivity index (χ4v) is 3.47. The van der Waals surface area contributed by atoms with Gasteiger partial charge in [-0.25, -0.2) is 0 Å². The Hall–Kier alpha value is -1.52. The number of carbonyl (C=O) groups excluding carboxylic acids is 1. The number of rotatable bonds is 15. The van der Waals surface area contributed by atoms with Crippen LogP contribution in [0.5, 0.6) is 0 Å². The highest BCUT2D eigenvalue weighted by atomic mass is 19.4. The SMILES string of the molecule is CCCCCCCCN(CCCCCCCC)C(=O)c1ccc(C(F)(F)F)cc1. The second-order valence-electron chi connectivity index (χ2n) is 7.90. The molecule has 1 rings (SSSR count). The highest BCUT2D eigenvalue weighted by Gasteiger charge is 2.30. The first-order valence-electron chi connectivity index (χ1n) is 11.4. The van der Waals surface area contributed by atoms with Crippen LogP contribution >= 0.6 is 0 Å². The molecule has 2 nitrogen and oxygen atoms in total. The number of unbranched alkanes of at least 4 members (excludes halogenated alkanes) is 10. The van der Waals surface area contributed by atoms with Gasteiger partial charge in [-0.3, -0.25) is 4.79 Å². The van der Waals surface area contributed by atoms with E-state index in [1.807, 2.05) is 4.90 Å². The minimum absolute atomic E-state index is 0.152. The van der Waals surface area contributed by atoms with Gasteiger partial charge in [0.2, 0.25) is 0 Å². The smallest absolute Gasteiger partial charge is 0.339 e. The fourth-order valence-electron chi connectivity index (χ4n) is 3.47. The van der Waals surface area contributed by atoms with Gasteiger partial charge in [-0.05, 0) is 37.1 Å². The van der Waals surface area contributed by atoms with Crippen molar-refractivity contribution in [2.24, 2.45) is 0 Å². The first-order valence-corrected chi connectivity index (χ1v) is 11.4. The van der Waals surface area contributed by atoms with Crippen LogP contribution < -0.4 is 0 Å². The maximum absolute atomic E-state index is 12.9. The Morgan fingerprint density at radius 3 is 1.55 bits per heavy atom. The van der Waals surface area contributed by atoms with E-state index in [0.717, 1.165) is 37.8 Å². The molecule has 0 saturated carbocycles. The van der Waals surface area contributed by atoms with Crippen molar-refractivity contribution in [2.75, 3.05) is 13.1 Å². The standard InChI is InChI=1S/C24H38F3NO/c1-3-5-7-9-11-13-19-28(20-14-12-10-8-6-4-2)23(29)21-15-17-22(18-16-21)24(25,26)27/h15-18H,3-14,19-20H2,1-2H3. The summed E-state index contributed by atoms with van der Waals surface area (Å²) in [6.45, 7) is 5.73. The van der Waals surface area contributed by atoms with Crippen molar-refractivity contribution in [1.82, 2.24) is 4.90 Å². The van der Waals surface area contributed by atoms with Crippen molar-refractivity contribution in [2.45, 2.75) is 97.1 Å². The van der Waals surface area contributed by atoms with Crippen LogP contribution in [-0.4, -0.2) is 23.9 Å². The summed E-state index contributed by atoms with van der Waals surface area (Å²) in [5.41, 5.74) is -0.373. The predicted octanol–water partition coefficient (Wildman–Crippen LogP) is 7.87. The Balaban J connectivity index is 2.60. The van der Waals surface area contributed by atoms with E-state index in [1.54, 1.807) is 0 Å². The second-order valence-corrected chi connectivity index (χ2v) is 7.90. The van der Waals surface area contributed by atoms with Crippen LogP contribution in [0.15, 0.2) is 24.3 Å². The van der Waals surface area contributed by atoms with Crippen molar-refractivity contribution in [3.05, 3.63) is 35.4 Å². The minimum atomic E-state index is -4.38. The maximum atomic E-state index is 12.9. The molecule has 0 saturated heterocycles. The van der Waals surface area contributed by atoms with Gasteiger partial charge in [0.1, 0.15) is 0 Å². The summed E-state index contributed by atoms with van der Waals surface area (Å²) >= 11 is 0. The first-order chi connectivity index (χ1) is 13.9. The molecule has 0 heterocycles. The van der Waals surface area contributed by atoms with Gasteiger partial charge in [-0.1, -0.05) is 78.1 Å². The van der Waals surface area contributed by atoms with Crippen molar-refractivity contribution >= 4 is 5.91 Å². The molecule has 1 aromatic rings. The summed E-state index contributed by atoms with van der Waals surface area (Å²) in [5, 5.41) is 0. The zero-order valence-electron chi connectivity index (χ0n) is 18.2. The molecule has 1 amide bonds. The highest BCUT2D eigenvalue weighted by Crippen LogP contribution is 2.29. The summed E-state index contributed by atoms with van der Waals surface area (Å²) in [4.78, 5) is 14.7. The second kappa shape index (κ2) is 14.5. The summed E-state index contributed by atoms with van der Waals surface area (Å²) in [5.74, 6) is -0.152. The molecule has 0 bridgehead atoms. The average molecular weight is 414 g/mol. The summed E-state index contributed by atoms with van der Waals surface area (Å²) in [7, 11) is 0. The molecule has 1 aromatic carbocycles. The molecule has 0 N–H and O–H groups in total. The number of benzene rings is 1. The van der Waals surface area contributed by atoms with E-state index in [9.17, 15) is 18.0 Å². The fraction of sp³-hybridized carbons (Fsp3) is 0.708. The molecule has 29 heavy (non-hydrogen) atoms. The Morgan fingerprint density at radius 1 is 0.724 bits per heavy atom. The van der Waals surface area contributed by atoms with Crippen molar-refractivity contribution < 1.29 is 18.0 Å². The van der Waals surface area contributed by atoms with Gasteiger partial charge in [0.15, 0.2) is 0 Å². The molecule has 0 aliphatic rings. The Morgan fingerprint density at radius 2 is 1.14 bits per heavy atom. The summed E-state index contributed by atoms with van der Waals surface area (Å²) in [6, 6.07) is 4.61. The maximum Gasteiger partial charge on any atom is 0.416 e. The van der Waals surface area contributed by atoms with E-state index >= 15 is 0 Å². The zero-order chi connectivity index (χ0) is 21.5. The number of hydrogen-bond acceptors (Lipinski definition) is 1. The van der Waals surface area contributed by atoms with Gasteiger partial charge < -0.3 is 4.90 Å². The van der Waals surface area contributed by atoms with Crippen LogP contribution in [0.25, 0.3) is 0 Å². The lowest BCUT2D eigenvalue weighted by atomic mass is 10.1. The van der Waals surface area contributed by atoms with Gasteiger partial charge in [0, 0.05) is 18.7 Å². The Kier molecular flexibility index (Phi) is 12.7. The molecule has 166 valence electrons. The third-order valence-electron chi connectivity index (χ3n) is 5.31. The number of hydrogen-bond donors (Lipinski definition) is 0. The van der Waals surface area contributed by atoms with Crippen LogP contribution in [-0.2, 0) is 6.18 Å². The molecule has 0 unspecified atom stereocenters. The average Bonchev–Trinajstić information content (AvgIpc) is 2.70. The van der Waals surface area contributed by atoms with Crippen LogP contribution in [0.2, 0.25) is 0 Å². The topological polar surface area (TPSA) is 20.3 Å². The van der Waals surface area contributed by atoms with Gasteiger partial charge in [0.05, 0.1) is 5.56 Å². The Bertz CT molecular complexity index is 538. The summed E-state index contributed by atoms with van der Waals surface area (Å²) < 4.78 is 38.3. The first kappa shape index (κ1) is 25.5. The quantitative estimate of drug-likeness (QED) is 0.268. The molecule has 0 radical (unpaired) electrons. The van der Waals surface area contributed by atoms with Gasteiger partial charge >= 0.3 is 6.18 Å². The van der Waals surface area contributed by atoms with Gasteiger partial charge in [0.25, 0.3) is 5.91 Å². The molecule has 0 fully saturated rings. The Labute approximate surface area is 174 Å². The molecular weight excluding hydrogens is 375 g/mol. The lowest BCUT2D eigenvalue weighted by molar-refractivity contribution is -0.137. The van der Waals surface area contributed by atoms with E-state index in [4.69, 9.17) is 0 Å². The third kappa shape index (κ3) is 10.7. The van der Waals surface area contributed by atoms with Gasteiger partial charge in [-0.2, -0.15) is 13.2 Å². The molecule has 0 aromatic heterocycles. The van der Waals surface area contributed by atoms with Crippen molar-refractivity contribution in [3.8, 4) is 0 Å². The number of amides is 1. The molecule has 0 aliphatic heterocycles. The van der Waals surface area contributed by atoms with E-state index in [0.29, 0.717) is 18.7 Å². The van der Waals surface area contributed by atoms with E-state index < -0.39 is 11.7 Å². The number of halogens is 3. The van der Waals surface area contributed by atoms with E-state index in [-0.39, 0.29) is 5.91 Å². The van der Waals surface area contributed by atoms with E-state index in [1.165, 1.54) is 63.5 Å². The minimum Gasteiger partial charge on any atom is -0.339 e. The third-order valence-corrected chi connectivity index (χ3v) is 5.31. The highest BCUT2D eigenvalue weighted by molar-refractivity contribution is 5.94. The van der Waals surface area contributed by atoms with E-state index in [2.05, 4.69) is 13.8 Å². The lowest BCUT2D eigenvalue weighted by Crippen LogP contribution is -2.33. The van der Waals surface area contributed by atoms with Crippen molar-refractivity contribution in [3.63, 3.8) is 0 Å². The largest absolute Gasteiger partial charge is 0.416 e. The molecule has 0 atom stereocenters. The monoisotopic (exact) mass is 413 g/mol. The number of nitrogens with zero attached hydrogens (tertiary/aromatic N) is 1.